The molecule has 1 aromatic heterocycles. The van der Waals surface area contributed by atoms with E-state index in [9.17, 15) is 4.79 Å². The van der Waals surface area contributed by atoms with Crippen molar-refractivity contribution in [2.24, 2.45) is 5.92 Å². The molecular weight excluding hydrogens is 316 g/mol. The summed E-state index contributed by atoms with van der Waals surface area (Å²) in [6, 6.07) is 11.8. The largest absolute Gasteiger partial charge is 0.352 e. The third kappa shape index (κ3) is 4.87. The third-order valence-electron chi connectivity index (χ3n) is 4.27. The Balaban J connectivity index is 1.50. The van der Waals surface area contributed by atoms with Crippen LogP contribution >= 0.6 is 0 Å². The number of rotatable bonds is 6. The lowest BCUT2D eigenvalue weighted by Crippen LogP contribution is -2.33. The Labute approximate surface area is 148 Å². The van der Waals surface area contributed by atoms with E-state index in [0.29, 0.717) is 19.8 Å². The van der Waals surface area contributed by atoms with E-state index >= 15 is 0 Å². The van der Waals surface area contributed by atoms with Gasteiger partial charge in [0.2, 0.25) is 5.91 Å². The quantitative estimate of drug-likeness (QED) is 0.821. The van der Waals surface area contributed by atoms with E-state index in [4.69, 9.17) is 9.47 Å². The Hall–Kier alpha value is -2.24. The van der Waals surface area contributed by atoms with Crippen LogP contribution in [-0.2, 0) is 14.3 Å². The second-order valence-corrected chi connectivity index (χ2v) is 6.65. The summed E-state index contributed by atoms with van der Waals surface area (Å²) in [6.45, 7) is 5.87. The Kier molecular flexibility index (Phi) is 5.46. The predicted octanol–water partition coefficient (Wildman–Crippen LogP) is 3.15. The molecule has 5 heteroatoms. The first-order valence-electron chi connectivity index (χ1n) is 8.64. The summed E-state index contributed by atoms with van der Waals surface area (Å²) in [6.07, 6.45) is 4.01. The Bertz CT molecular complexity index is 766. The number of hydrogen-bond donors (Lipinski definition) is 1. The van der Waals surface area contributed by atoms with E-state index in [2.05, 4.69) is 17.2 Å². The average Bonchev–Trinajstić information content (AvgIpc) is 3.04. The van der Waals surface area contributed by atoms with Gasteiger partial charge in [0.25, 0.3) is 0 Å². The number of para-hydroxylation sites is 1. The van der Waals surface area contributed by atoms with E-state index in [1.54, 1.807) is 6.08 Å². The van der Waals surface area contributed by atoms with E-state index in [1.807, 2.05) is 43.3 Å². The van der Waals surface area contributed by atoms with Crippen molar-refractivity contribution in [3.63, 3.8) is 0 Å². The first kappa shape index (κ1) is 17.6. The fourth-order valence-corrected chi connectivity index (χ4v) is 3.05. The summed E-state index contributed by atoms with van der Waals surface area (Å²) < 4.78 is 11.2. The van der Waals surface area contributed by atoms with E-state index < -0.39 is 5.79 Å². The fraction of sp³-hybridized carbons (Fsp3) is 0.400. The van der Waals surface area contributed by atoms with Crippen LogP contribution in [0.3, 0.4) is 0 Å². The monoisotopic (exact) mass is 340 g/mol. The van der Waals surface area contributed by atoms with Crippen LogP contribution in [0.4, 0.5) is 0 Å². The van der Waals surface area contributed by atoms with Crippen LogP contribution in [0.5, 0.6) is 0 Å². The van der Waals surface area contributed by atoms with Crippen LogP contribution in [0.2, 0.25) is 0 Å². The number of nitrogens with one attached hydrogen (secondary N) is 1. The molecule has 25 heavy (non-hydrogen) atoms. The van der Waals surface area contributed by atoms with Gasteiger partial charge in [-0.05, 0) is 31.1 Å². The van der Waals surface area contributed by atoms with Gasteiger partial charge >= 0.3 is 0 Å². The summed E-state index contributed by atoms with van der Waals surface area (Å²) in [5.41, 5.74) is 1.69. The minimum atomic E-state index is -0.519. The average molecular weight is 340 g/mol. The standard InChI is InChI=1S/C20H24N2O3/c1-15(13-20(2)24-11-12-25-20)14-21-19(23)10-9-17-8-7-16-5-3-4-6-18(16)22-17/h3-10,15H,11-14H2,1-2H3,(H,21,23). The molecule has 0 radical (unpaired) electrons. The number of ether oxygens (including phenoxy) is 2. The van der Waals surface area contributed by atoms with Crippen molar-refractivity contribution in [2.45, 2.75) is 26.1 Å². The molecule has 1 saturated heterocycles. The summed E-state index contributed by atoms with van der Waals surface area (Å²) in [7, 11) is 0. The second-order valence-electron chi connectivity index (χ2n) is 6.65. The Morgan fingerprint density at radius 1 is 1.28 bits per heavy atom. The molecule has 1 amide bonds. The van der Waals surface area contributed by atoms with Crippen LogP contribution in [0, 0.1) is 5.92 Å². The van der Waals surface area contributed by atoms with E-state index in [-0.39, 0.29) is 11.8 Å². The maximum absolute atomic E-state index is 12.0. The maximum atomic E-state index is 12.0. The van der Waals surface area contributed by atoms with Gasteiger partial charge < -0.3 is 14.8 Å². The number of fused-ring (bicyclic) bond motifs is 1. The number of amides is 1. The SMILES string of the molecule is CC(CNC(=O)C=Cc1ccc2ccccc2n1)CC1(C)OCCO1. The zero-order valence-electron chi connectivity index (χ0n) is 14.7. The fourth-order valence-electron chi connectivity index (χ4n) is 3.05. The third-order valence-corrected chi connectivity index (χ3v) is 4.27. The van der Waals surface area contributed by atoms with Crippen LogP contribution in [-0.4, -0.2) is 36.4 Å². The molecule has 5 nitrogen and oxygen atoms in total. The normalized spacial score (nSPS) is 17.8. The number of benzene rings is 1. The van der Waals surface area contributed by atoms with Crippen molar-refractivity contribution in [1.29, 1.82) is 0 Å². The molecule has 1 N–H and O–H groups in total. The minimum Gasteiger partial charge on any atom is -0.352 e. The van der Waals surface area contributed by atoms with Crippen LogP contribution in [0.25, 0.3) is 17.0 Å². The number of pyridine rings is 1. The highest BCUT2D eigenvalue weighted by Crippen LogP contribution is 2.26. The topological polar surface area (TPSA) is 60.5 Å². The summed E-state index contributed by atoms with van der Waals surface area (Å²) in [5, 5.41) is 4.00. The van der Waals surface area contributed by atoms with E-state index in [0.717, 1.165) is 23.0 Å². The first-order chi connectivity index (χ1) is 12.0. The van der Waals surface area contributed by atoms with Gasteiger partial charge in [-0.3, -0.25) is 4.79 Å². The molecule has 0 saturated carbocycles. The first-order valence-corrected chi connectivity index (χ1v) is 8.64. The van der Waals surface area contributed by atoms with Crippen molar-refractivity contribution in [3.05, 3.63) is 48.2 Å². The smallest absolute Gasteiger partial charge is 0.244 e. The highest BCUT2D eigenvalue weighted by Gasteiger charge is 2.32. The highest BCUT2D eigenvalue weighted by molar-refractivity contribution is 5.91. The van der Waals surface area contributed by atoms with Crippen LogP contribution in [0.15, 0.2) is 42.5 Å². The molecule has 3 rings (SSSR count). The van der Waals surface area contributed by atoms with E-state index in [1.165, 1.54) is 6.08 Å². The molecule has 1 fully saturated rings. The van der Waals surface area contributed by atoms with Gasteiger partial charge in [-0.25, -0.2) is 4.98 Å². The Morgan fingerprint density at radius 3 is 2.84 bits per heavy atom. The number of nitrogens with zero attached hydrogens (tertiary/aromatic N) is 1. The molecule has 0 aliphatic carbocycles. The Morgan fingerprint density at radius 2 is 2.04 bits per heavy atom. The summed E-state index contributed by atoms with van der Waals surface area (Å²) in [4.78, 5) is 16.5. The van der Waals surface area contributed by atoms with Gasteiger partial charge in [-0.15, -0.1) is 0 Å². The van der Waals surface area contributed by atoms with Crippen molar-refractivity contribution in [3.8, 4) is 0 Å². The summed E-state index contributed by atoms with van der Waals surface area (Å²) >= 11 is 0. The number of aromatic nitrogens is 1. The molecule has 132 valence electrons. The molecule has 1 aliphatic heterocycles. The zero-order chi connectivity index (χ0) is 17.7. The van der Waals surface area contributed by atoms with Gasteiger partial charge in [0.05, 0.1) is 24.4 Å². The lowest BCUT2D eigenvalue weighted by molar-refractivity contribution is -0.154. The van der Waals surface area contributed by atoms with Gasteiger partial charge in [-0.1, -0.05) is 31.2 Å². The number of hydrogen-bond acceptors (Lipinski definition) is 4. The highest BCUT2D eigenvalue weighted by atomic mass is 16.7. The van der Waals surface area contributed by atoms with Crippen molar-refractivity contribution in [2.75, 3.05) is 19.8 Å². The molecule has 0 bridgehead atoms. The molecular formula is C20H24N2O3. The minimum absolute atomic E-state index is 0.125. The molecule has 0 spiro atoms. The lowest BCUT2D eigenvalue weighted by Gasteiger charge is -2.25. The number of carbonyl (C=O) groups excluding carboxylic acids is 1. The maximum Gasteiger partial charge on any atom is 0.244 e. The molecule has 1 aliphatic rings. The second kappa shape index (κ2) is 7.76. The molecule has 2 aromatic rings. The van der Waals surface area contributed by atoms with Crippen molar-refractivity contribution in [1.82, 2.24) is 10.3 Å². The molecule has 1 aromatic carbocycles. The lowest BCUT2D eigenvalue weighted by atomic mass is 10.0. The number of carbonyl (C=O) groups is 1. The van der Waals surface area contributed by atoms with Crippen molar-refractivity contribution < 1.29 is 14.3 Å². The van der Waals surface area contributed by atoms with Gasteiger partial charge in [0.1, 0.15) is 0 Å². The predicted molar refractivity (Wildman–Crippen MR) is 97.9 cm³/mol. The molecule has 2 heterocycles. The van der Waals surface area contributed by atoms with Crippen molar-refractivity contribution >= 4 is 22.9 Å². The van der Waals surface area contributed by atoms with Crippen LogP contribution in [0.1, 0.15) is 26.0 Å². The zero-order valence-corrected chi connectivity index (χ0v) is 14.7. The summed E-state index contributed by atoms with van der Waals surface area (Å²) in [5.74, 6) is -0.380. The molecule has 1 atom stereocenters. The van der Waals surface area contributed by atoms with Crippen LogP contribution < -0.4 is 5.32 Å². The van der Waals surface area contributed by atoms with Gasteiger partial charge in [0, 0.05) is 24.4 Å². The molecule has 1 unspecified atom stereocenters. The van der Waals surface area contributed by atoms with Gasteiger partial charge in [-0.2, -0.15) is 0 Å². The van der Waals surface area contributed by atoms with Gasteiger partial charge in [0.15, 0.2) is 5.79 Å².